The van der Waals surface area contributed by atoms with Crippen molar-refractivity contribution in [1.29, 1.82) is 0 Å². The van der Waals surface area contributed by atoms with Crippen molar-refractivity contribution in [3.8, 4) is 0 Å². The maximum absolute atomic E-state index is 12.5. The van der Waals surface area contributed by atoms with Gasteiger partial charge in [-0.05, 0) is 5.56 Å². The van der Waals surface area contributed by atoms with Gasteiger partial charge in [-0.25, -0.2) is 0 Å². The van der Waals surface area contributed by atoms with Gasteiger partial charge in [0.2, 0.25) is 11.8 Å². The second-order valence-electron chi connectivity index (χ2n) is 4.93. The molecule has 1 aromatic carbocycles. The van der Waals surface area contributed by atoms with Crippen molar-refractivity contribution >= 4 is 11.8 Å². The second-order valence-corrected chi connectivity index (χ2v) is 4.93. The fraction of sp³-hybridized carbons (Fsp3) is 0.467. The summed E-state index contributed by atoms with van der Waals surface area (Å²) in [5.74, 6) is -0.437. The van der Waals surface area contributed by atoms with E-state index in [1.165, 1.54) is 9.80 Å². The number of likely N-dealkylation sites (N-methyl/N-ethyl adjacent to an activating group) is 1. The Kier molecular flexibility index (Phi) is 6.84. The molecule has 0 heterocycles. The molecule has 1 atom stereocenters. The number of nitrogens with zero attached hydrogens (tertiary/aromatic N) is 2. The van der Waals surface area contributed by atoms with Crippen molar-refractivity contribution < 1.29 is 14.3 Å². The van der Waals surface area contributed by atoms with Gasteiger partial charge in [0, 0.05) is 27.7 Å². The highest BCUT2D eigenvalue weighted by Crippen LogP contribution is 2.13. The molecule has 0 radical (unpaired) electrons. The van der Waals surface area contributed by atoms with Crippen LogP contribution in [0.15, 0.2) is 30.3 Å². The number of carbonyl (C=O) groups is 2. The summed E-state index contributed by atoms with van der Waals surface area (Å²) in [4.78, 5) is 27.2. The number of hydrogen-bond acceptors (Lipinski definition) is 4. The van der Waals surface area contributed by atoms with E-state index in [9.17, 15) is 9.59 Å². The molecule has 1 rings (SSSR count). The highest BCUT2D eigenvalue weighted by atomic mass is 16.5. The van der Waals surface area contributed by atoms with Gasteiger partial charge < -0.3 is 20.3 Å². The molecule has 0 bridgehead atoms. The summed E-state index contributed by atoms with van der Waals surface area (Å²) in [7, 11) is 4.85. The minimum atomic E-state index is -0.780. The van der Waals surface area contributed by atoms with Crippen molar-refractivity contribution in [3.05, 3.63) is 35.9 Å². The summed E-state index contributed by atoms with van der Waals surface area (Å²) in [5, 5.41) is 0. The van der Waals surface area contributed by atoms with Crippen molar-refractivity contribution in [2.75, 3.05) is 40.9 Å². The fourth-order valence-corrected chi connectivity index (χ4v) is 1.77. The Morgan fingerprint density at radius 1 is 1.24 bits per heavy atom. The number of hydrogen-bond donors (Lipinski definition) is 1. The minimum absolute atomic E-state index is 0.00424. The number of nitrogens with two attached hydrogens (primary N) is 1. The zero-order chi connectivity index (χ0) is 15.8. The normalized spacial score (nSPS) is 11.8. The first kappa shape index (κ1) is 17.1. The van der Waals surface area contributed by atoms with E-state index in [4.69, 9.17) is 10.5 Å². The van der Waals surface area contributed by atoms with Crippen molar-refractivity contribution in [3.63, 3.8) is 0 Å². The summed E-state index contributed by atoms with van der Waals surface area (Å²) in [6.45, 7) is 0.680. The molecule has 0 spiro atoms. The summed E-state index contributed by atoms with van der Waals surface area (Å²) in [5.41, 5.74) is 6.73. The molecule has 1 aromatic rings. The Morgan fingerprint density at radius 3 is 2.38 bits per heavy atom. The molecule has 0 aliphatic carbocycles. The van der Waals surface area contributed by atoms with E-state index in [2.05, 4.69) is 0 Å². The lowest BCUT2D eigenvalue weighted by Gasteiger charge is -2.26. The van der Waals surface area contributed by atoms with E-state index in [1.54, 1.807) is 33.3 Å². The Balaban J connectivity index is 2.81. The number of benzene rings is 1. The Labute approximate surface area is 125 Å². The molecule has 6 nitrogen and oxygen atoms in total. The lowest BCUT2D eigenvalue weighted by atomic mass is 10.1. The first-order valence-electron chi connectivity index (χ1n) is 6.75. The lowest BCUT2D eigenvalue weighted by Crippen LogP contribution is -2.45. The zero-order valence-corrected chi connectivity index (χ0v) is 12.8. The van der Waals surface area contributed by atoms with Crippen LogP contribution in [0.2, 0.25) is 0 Å². The number of methoxy groups -OCH3 is 1. The SMILES string of the molecule is COCCN(CC(=O)N(C)C)C(=O)[C@H](N)c1ccccc1. The van der Waals surface area contributed by atoms with Gasteiger partial charge in [-0.2, -0.15) is 0 Å². The highest BCUT2D eigenvalue weighted by Gasteiger charge is 2.24. The van der Waals surface area contributed by atoms with Crippen LogP contribution < -0.4 is 5.73 Å². The average Bonchev–Trinajstić information content (AvgIpc) is 2.50. The fourth-order valence-electron chi connectivity index (χ4n) is 1.77. The molecule has 0 aromatic heterocycles. The Bertz CT molecular complexity index is 462. The van der Waals surface area contributed by atoms with Gasteiger partial charge in [0.1, 0.15) is 6.04 Å². The maximum Gasteiger partial charge on any atom is 0.244 e. The molecule has 0 fully saturated rings. The average molecular weight is 293 g/mol. The molecular formula is C15H23N3O3. The Hall–Kier alpha value is -1.92. The van der Waals surface area contributed by atoms with Crippen LogP contribution in [0.3, 0.4) is 0 Å². The third kappa shape index (κ3) is 5.17. The largest absolute Gasteiger partial charge is 0.383 e. The van der Waals surface area contributed by atoms with Gasteiger partial charge >= 0.3 is 0 Å². The highest BCUT2D eigenvalue weighted by molar-refractivity contribution is 5.88. The first-order valence-corrected chi connectivity index (χ1v) is 6.75. The van der Waals surface area contributed by atoms with Crippen LogP contribution in [0.1, 0.15) is 11.6 Å². The summed E-state index contributed by atoms with van der Waals surface area (Å²) in [6.07, 6.45) is 0. The molecule has 0 aliphatic rings. The Morgan fingerprint density at radius 2 is 1.86 bits per heavy atom. The van der Waals surface area contributed by atoms with Gasteiger partial charge in [-0.3, -0.25) is 9.59 Å². The van der Waals surface area contributed by atoms with E-state index in [1.807, 2.05) is 18.2 Å². The monoisotopic (exact) mass is 293 g/mol. The van der Waals surface area contributed by atoms with Crippen LogP contribution in [-0.4, -0.2) is 62.5 Å². The van der Waals surface area contributed by atoms with Gasteiger partial charge in [0.15, 0.2) is 0 Å². The third-order valence-electron chi connectivity index (χ3n) is 3.13. The van der Waals surface area contributed by atoms with E-state index in [-0.39, 0.29) is 18.4 Å². The molecule has 0 saturated heterocycles. The molecule has 2 amide bonds. The predicted octanol–water partition coefficient (Wildman–Crippen LogP) is 0.250. The van der Waals surface area contributed by atoms with Gasteiger partial charge in [-0.15, -0.1) is 0 Å². The van der Waals surface area contributed by atoms with Crippen LogP contribution >= 0.6 is 0 Å². The van der Waals surface area contributed by atoms with Gasteiger partial charge in [0.25, 0.3) is 0 Å². The number of ether oxygens (including phenoxy) is 1. The number of rotatable bonds is 7. The van der Waals surface area contributed by atoms with E-state index in [0.29, 0.717) is 13.2 Å². The van der Waals surface area contributed by atoms with Crippen LogP contribution in [-0.2, 0) is 14.3 Å². The van der Waals surface area contributed by atoms with Gasteiger partial charge in [-0.1, -0.05) is 30.3 Å². The minimum Gasteiger partial charge on any atom is -0.383 e. The zero-order valence-electron chi connectivity index (χ0n) is 12.8. The summed E-state index contributed by atoms with van der Waals surface area (Å²) < 4.78 is 4.99. The molecule has 0 saturated carbocycles. The van der Waals surface area contributed by atoms with Crippen molar-refractivity contribution in [1.82, 2.24) is 9.80 Å². The van der Waals surface area contributed by atoms with Crippen LogP contribution in [0.5, 0.6) is 0 Å². The number of amides is 2. The maximum atomic E-state index is 12.5. The smallest absolute Gasteiger partial charge is 0.244 e. The molecule has 0 unspecified atom stereocenters. The van der Waals surface area contributed by atoms with Crippen molar-refractivity contribution in [2.45, 2.75) is 6.04 Å². The quantitative estimate of drug-likeness (QED) is 0.782. The van der Waals surface area contributed by atoms with Gasteiger partial charge in [0.05, 0.1) is 13.2 Å². The lowest BCUT2D eigenvalue weighted by molar-refractivity contribution is -0.140. The van der Waals surface area contributed by atoms with Crippen LogP contribution in [0.25, 0.3) is 0 Å². The summed E-state index contributed by atoms with van der Waals surface area (Å²) >= 11 is 0. The summed E-state index contributed by atoms with van der Waals surface area (Å²) in [6, 6.07) is 8.33. The predicted molar refractivity (Wildman–Crippen MR) is 80.5 cm³/mol. The van der Waals surface area contributed by atoms with E-state index < -0.39 is 6.04 Å². The van der Waals surface area contributed by atoms with Crippen LogP contribution in [0, 0.1) is 0 Å². The van der Waals surface area contributed by atoms with E-state index >= 15 is 0 Å². The first-order chi connectivity index (χ1) is 9.97. The molecule has 0 aliphatic heterocycles. The standard InChI is InChI=1S/C15H23N3O3/c1-17(2)13(19)11-18(9-10-21-3)15(20)14(16)12-7-5-4-6-8-12/h4-8,14H,9-11,16H2,1-3H3/t14-/m1/s1. The van der Waals surface area contributed by atoms with Crippen molar-refractivity contribution in [2.24, 2.45) is 5.73 Å². The second kappa shape index (κ2) is 8.39. The van der Waals surface area contributed by atoms with E-state index in [0.717, 1.165) is 5.56 Å². The number of carbonyl (C=O) groups excluding carboxylic acids is 2. The third-order valence-corrected chi connectivity index (χ3v) is 3.13. The van der Waals surface area contributed by atoms with Crippen LogP contribution in [0.4, 0.5) is 0 Å². The molecule has 116 valence electrons. The molecule has 2 N–H and O–H groups in total. The molecule has 21 heavy (non-hydrogen) atoms. The molecule has 6 heteroatoms. The topological polar surface area (TPSA) is 75.9 Å². The molecular weight excluding hydrogens is 270 g/mol.